The molecule has 0 unspecified atom stereocenters. The van der Waals surface area contributed by atoms with Crippen LogP contribution in [0.15, 0.2) is 54.6 Å². The zero-order valence-corrected chi connectivity index (χ0v) is 12.2. The van der Waals surface area contributed by atoms with E-state index < -0.39 is 0 Å². The zero-order valence-electron chi connectivity index (χ0n) is 12.2. The lowest BCUT2D eigenvalue weighted by atomic mass is 9.98. The molecule has 21 heavy (non-hydrogen) atoms. The molecule has 2 aromatic rings. The lowest BCUT2D eigenvalue weighted by Crippen LogP contribution is -2.43. The standard InChI is InChI=1S/C18H20FNO/c1-14-18(16-7-9-17(19)10-8-16)20(11-12-21-14)13-15-5-3-2-4-6-15/h2-10,14,18H,11-13H2,1H3/t14-,18+/m0/s1. The monoisotopic (exact) mass is 285 g/mol. The summed E-state index contributed by atoms with van der Waals surface area (Å²) in [6, 6.07) is 17.4. The van der Waals surface area contributed by atoms with Crippen LogP contribution in [-0.4, -0.2) is 24.2 Å². The minimum absolute atomic E-state index is 0.105. The average molecular weight is 285 g/mol. The maximum Gasteiger partial charge on any atom is 0.123 e. The molecule has 0 saturated carbocycles. The Morgan fingerprint density at radius 2 is 1.81 bits per heavy atom. The van der Waals surface area contributed by atoms with Gasteiger partial charge in [0.2, 0.25) is 0 Å². The molecule has 2 aromatic carbocycles. The van der Waals surface area contributed by atoms with Gasteiger partial charge in [-0.3, -0.25) is 4.90 Å². The summed E-state index contributed by atoms with van der Waals surface area (Å²) in [6.45, 7) is 4.61. The Labute approximate surface area is 125 Å². The van der Waals surface area contributed by atoms with Crippen LogP contribution < -0.4 is 0 Å². The van der Waals surface area contributed by atoms with Crippen molar-refractivity contribution in [1.82, 2.24) is 4.90 Å². The van der Waals surface area contributed by atoms with E-state index in [2.05, 4.69) is 36.1 Å². The first-order chi connectivity index (χ1) is 10.2. The van der Waals surface area contributed by atoms with Gasteiger partial charge in [0.1, 0.15) is 5.82 Å². The first-order valence-corrected chi connectivity index (χ1v) is 7.39. The largest absolute Gasteiger partial charge is 0.375 e. The van der Waals surface area contributed by atoms with E-state index in [1.807, 2.05) is 18.2 Å². The van der Waals surface area contributed by atoms with E-state index in [1.54, 1.807) is 0 Å². The second kappa shape index (κ2) is 6.37. The van der Waals surface area contributed by atoms with Crippen LogP contribution in [0.5, 0.6) is 0 Å². The van der Waals surface area contributed by atoms with E-state index in [4.69, 9.17) is 4.74 Å². The Morgan fingerprint density at radius 3 is 2.52 bits per heavy atom. The van der Waals surface area contributed by atoms with Gasteiger partial charge in [-0.1, -0.05) is 42.5 Å². The average Bonchev–Trinajstić information content (AvgIpc) is 2.50. The van der Waals surface area contributed by atoms with E-state index in [-0.39, 0.29) is 18.0 Å². The highest BCUT2D eigenvalue weighted by atomic mass is 19.1. The summed E-state index contributed by atoms with van der Waals surface area (Å²) in [7, 11) is 0. The number of ether oxygens (including phenoxy) is 1. The van der Waals surface area contributed by atoms with Gasteiger partial charge >= 0.3 is 0 Å². The lowest BCUT2D eigenvalue weighted by Gasteiger charge is -2.40. The Bertz CT molecular complexity index is 570. The van der Waals surface area contributed by atoms with Gasteiger partial charge in [0.15, 0.2) is 0 Å². The van der Waals surface area contributed by atoms with Gasteiger partial charge in [-0.15, -0.1) is 0 Å². The molecule has 0 bridgehead atoms. The number of hydrogen-bond donors (Lipinski definition) is 0. The Morgan fingerprint density at radius 1 is 1.10 bits per heavy atom. The van der Waals surface area contributed by atoms with E-state index >= 15 is 0 Å². The van der Waals surface area contributed by atoms with Crippen LogP contribution in [0, 0.1) is 5.82 Å². The summed E-state index contributed by atoms with van der Waals surface area (Å²) < 4.78 is 19.0. The fourth-order valence-corrected chi connectivity index (χ4v) is 3.02. The smallest absolute Gasteiger partial charge is 0.123 e. The molecule has 1 aliphatic heterocycles. The van der Waals surface area contributed by atoms with Crippen molar-refractivity contribution >= 4 is 0 Å². The molecule has 0 spiro atoms. The van der Waals surface area contributed by atoms with Crippen molar-refractivity contribution in [3.8, 4) is 0 Å². The summed E-state index contributed by atoms with van der Waals surface area (Å²) >= 11 is 0. The molecular formula is C18H20FNO. The predicted molar refractivity (Wildman–Crippen MR) is 81.4 cm³/mol. The van der Waals surface area contributed by atoms with Crippen molar-refractivity contribution in [2.45, 2.75) is 25.6 Å². The van der Waals surface area contributed by atoms with Crippen molar-refractivity contribution in [2.75, 3.05) is 13.2 Å². The van der Waals surface area contributed by atoms with Gasteiger partial charge in [-0.25, -0.2) is 4.39 Å². The summed E-state index contributed by atoms with van der Waals surface area (Å²) in [4.78, 5) is 2.41. The van der Waals surface area contributed by atoms with E-state index in [0.717, 1.165) is 25.3 Å². The fourth-order valence-electron chi connectivity index (χ4n) is 3.02. The number of benzene rings is 2. The van der Waals surface area contributed by atoms with Crippen LogP contribution in [0.4, 0.5) is 4.39 Å². The van der Waals surface area contributed by atoms with E-state index in [9.17, 15) is 4.39 Å². The van der Waals surface area contributed by atoms with Gasteiger partial charge in [-0.05, 0) is 30.2 Å². The van der Waals surface area contributed by atoms with Gasteiger partial charge in [0.05, 0.1) is 18.8 Å². The number of hydrogen-bond acceptors (Lipinski definition) is 2. The SMILES string of the molecule is C[C@@H]1OCCN(Cc2ccccc2)[C@H]1c1ccc(F)cc1. The summed E-state index contributed by atoms with van der Waals surface area (Å²) in [5, 5.41) is 0. The number of nitrogens with zero attached hydrogens (tertiary/aromatic N) is 1. The Hall–Kier alpha value is -1.71. The van der Waals surface area contributed by atoms with Gasteiger partial charge < -0.3 is 4.74 Å². The number of rotatable bonds is 3. The molecular weight excluding hydrogens is 265 g/mol. The topological polar surface area (TPSA) is 12.5 Å². The molecule has 3 rings (SSSR count). The lowest BCUT2D eigenvalue weighted by molar-refractivity contribution is -0.0668. The van der Waals surface area contributed by atoms with Crippen LogP contribution in [-0.2, 0) is 11.3 Å². The van der Waals surface area contributed by atoms with Crippen LogP contribution in [0.25, 0.3) is 0 Å². The molecule has 1 fully saturated rings. The molecule has 110 valence electrons. The predicted octanol–water partition coefficient (Wildman–Crippen LogP) is 3.79. The fraction of sp³-hybridized carbons (Fsp3) is 0.333. The maximum absolute atomic E-state index is 13.2. The van der Waals surface area contributed by atoms with Crippen molar-refractivity contribution < 1.29 is 9.13 Å². The normalized spacial score (nSPS) is 23.1. The summed E-state index contributed by atoms with van der Waals surface area (Å²) in [5.74, 6) is -0.197. The molecule has 0 amide bonds. The van der Waals surface area contributed by atoms with Crippen molar-refractivity contribution in [3.63, 3.8) is 0 Å². The first-order valence-electron chi connectivity index (χ1n) is 7.39. The molecule has 2 atom stereocenters. The van der Waals surface area contributed by atoms with E-state index in [1.165, 1.54) is 17.7 Å². The van der Waals surface area contributed by atoms with Crippen LogP contribution >= 0.6 is 0 Å². The second-order valence-corrected chi connectivity index (χ2v) is 5.53. The molecule has 0 aliphatic carbocycles. The molecule has 0 N–H and O–H groups in total. The third kappa shape index (κ3) is 3.31. The minimum atomic E-state index is -0.197. The molecule has 0 radical (unpaired) electrons. The molecule has 3 heteroatoms. The van der Waals surface area contributed by atoms with Crippen molar-refractivity contribution in [2.24, 2.45) is 0 Å². The first kappa shape index (κ1) is 14.2. The summed E-state index contributed by atoms with van der Waals surface area (Å²) in [5.41, 5.74) is 2.40. The van der Waals surface area contributed by atoms with Crippen LogP contribution in [0.1, 0.15) is 24.1 Å². The van der Waals surface area contributed by atoms with E-state index in [0.29, 0.717) is 0 Å². The highest BCUT2D eigenvalue weighted by Gasteiger charge is 2.30. The highest BCUT2D eigenvalue weighted by Crippen LogP contribution is 2.30. The minimum Gasteiger partial charge on any atom is -0.375 e. The number of halogens is 1. The maximum atomic E-state index is 13.2. The van der Waals surface area contributed by atoms with Gasteiger partial charge in [0, 0.05) is 13.1 Å². The number of morpholine rings is 1. The Balaban J connectivity index is 1.84. The summed E-state index contributed by atoms with van der Waals surface area (Å²) in [6.07, 6.45) is 0.105. The molecule has 1 aliphatic rings. The van der Waals surface area contributed by atoms with Gasteiger partial charge in [0.25, 0.3) is 0 Å². The quantitative estimate of drug-likeness (QED) is 0.851. The third-order valence-corrected chi connectivity index (χ3v) is 4.04. The van der Waals surface area contributed by atoms with Crippen molar-refractivity contribution in [1.29, 1.82) is 0 Å². The Kier molecular flexibility index (Phi) is 4.32. The molecule has 1 heterocycles. The second-order valence-electron chi connectivity index (χ2n) is 5.53. The zero-order chi connectivity index (χ0) is 14.7. The third-order valence-electron chi connectivity index (χ3n) is 4.04. The van der Waals surface area contributed by atoms with Crippen LogP contribution in [0.3, 0.4) is 0 Å². The highest BCUT2D eigenvalue weighted by molar-refractivity contribution is 5.22. The van der Waals surface area contributed by atoms with Crippen molar-refractivity contribution in [3.05, 3.63) is 71.5 Å². The molecule has 2 nitrogen and oxygen atoms in total. The molecule has 1 saturated heterocycles. The van der Waals surface area contributed by atoms with Crippen LogP contribution in [0.2, 0.25) is 0 Å². The molecule has 0 aromatic heterocycles. The van der Waals surface area contributed by atoms with Gasteiger partial charge in [-0.2, -0.15) is 0 Å².